The summed E-state index contributed by atoms with van der Waals surface area (Å²) in [7, 11) is 0. The van der Waals surface area contributed by atoms with E-state index in [1.54, 1.807) is 4.45 Å². The van der Waals surface area contributed by atoms with Gasteiger partial charge in [-0.25, -0.2) is 4.45 Å². The third kappa shape index (κ3) is 1.38. The maximum absolute atomic E-state index is 5.79. The summed E-state index contributed by atoms with van der Waals surface area (Å²) < 4.78 is 1.69. The molecule has 1 aromatic rings. The number of anilines is 1. The first-order valence-corrected chi connectivity index (χ1v) is 6.98. The third-order valence-corrected chi connectivity index (χ3v) is 3.49. The van der Waals surface area contributed by atoms with Crippen molar-refractivity contribution in [2.24, 2.45) is 0 Å². The van der Waals surface area contributed by atoms with Crippen LogP contribution in [0.15, 0.2) is 0 Å². The predicted octanol–water partition coefficient (Wildman–Crippen LogP) is 2.22. The lowest BCUT2D eigenvalue weighted by molar-refractivity contribution is 0.979. The SMILES string of the molecule is Cc1nn(PI)c(Cl)c1N. The van der Waals surface area contributed by atoms with Gasteiger partial charge in [0.2, 0.25) is 0 Å². The minimum absolute atomic E-state index is 0.510. The Balaban J connectivity index is 3.17. The highest BCUT2D eigenvalue weighted by Gasteiger charge is 2.07. The van der Waals surface area contributed by atoms with Crippen molar-refractivity contribution in [1.82, 2.24) is 9.55 Å². The van der Waals surface area contributed by atoms with Crippen molar-refractivity contribution in [3.8, 4) is 0 Å². The number of nitrogens with two attached hydrogens (primary N) is 1. The number of nitrogens with zero attached hydrogens (tertiary/aromatic N) is 2. The fraction of sp³-hybridized carbons (Fsp3) is 0.250. The van der Waals surface area contributed by atoms with Gasteiger partial charge in [0.1, 0.15) is 0 Å². The summed E-state index contributed by atoms with van der Waals surface area (Å²) in [5.41, 5.74) is 6.95. The largest absolute Gasteiger partial charge is 0.395 e. The summed E-state index contributed by atoms with van der Waals surface area (Å²) in [6, 6.07) is 0. The highest BCUT2D eigenvalue weighted by molar-refractivity contribution is 14.2. The van der Waals surface area contributed by atoms with E-state index in [4.69, 9.17) is 17.3 Å². The maximum atomic E-state index is 5.79. The summed E-state index contributed by atoms with van der Waals surface area (Å²) >= 11 is 7.99. The molecule has 3 nitrogen and oxygen atoms in total. The molecule has 0 saturated carbocycles. The van der Waals surface area contributed by atoms with E-state index in [0.717, 1.165) is 5.69 Å². The third-order valence-electron chi connectivity index (χ3n) is 1.13. The zero-order valence-corrected chi connectivity index (χ0v) is 9.14. The maximum Gasteiger partial charge on any atom is 0.154 e. The minimum Gasteiger partial charge on any atom is -0.395 e. The molecule has 56 valence electrons. The summed E-state index contributed by atoms with van der Waals surface area (Å²) in [4.78, 5) is 0. The average Bonchev–Trinajstić information content (AvgIpc) is 2.17. The van der Waals surface area contributed by atoms with E-state index >= 15 is 0 Å². The van der Waals surface area contributed by atoms with Crippen LogP contribution in [0.25, 0.3) is 0 Å². The van der Waals surface area contributed by atoms with Crippen molar-refractivity contribution in [3.63, 3.8) is 0 Å². The molecule has 0 radical (unpaired) electrons. The molecule has 0 aliphatic heterocycles. The van der Waals surface area contributed by atoms with Crippen LogP contribution < -0.4 is 5.73 Å². The van der Waals surface area contributed by atoms with Crippen molar-refractivity contribution < 1.29 is 0 Å². The molecule has 0 aromatic carbocycles. The quantitative estimate of drug-likeness (QED) is 0.636. The Hall–Kier alpha value is 0.460. The zero-order valence-electron chi connectivity index (χ0n) is 5.23. The number of aromatic nitrogens is 2. The van der Waals surface area contributed by atoms with Crippen LogP contribution in [0.4, 0.5) is 5.69 Å². The molecular formula is C4H6ClIN3P. The topological polar surface area (TPSA) is 43.8 Å². The predicted molar refractivity (Wildman–Crippen MR) is 54.1 cm³/mol. The molecule has 0 saturated heterocycles. The van der Waals surface area contributed by atoms with Gasteiger partial charge >= 0.3 is 0 Å². The molecule has 0 fully saturated rings. The molecule has 0 spiro atoms. The standard InChI is InChI=1S/C4H6ClIN3P/c1-2-3(7)4(5)9(8-2)10-6/h10H,7H2,1H3. The number of rotatable bonds is 1. The highest BCUT2D eigenvalue weighted by atomic mass is 127. The summed E-state index contributed by atoms with van der Waals surface area (Å²) in [5.74, 6) is 0. The minimum atomic E-state index is 0.510. The van der Waals surface area contributed by atoms with E-state index in [-0.39, 0.29) is 0 Å². The van der Waals surface area contributed by atoms with Gasteiger partial charge in [-0.2, -0.15) is 5.10 Å². The second-order valence-corrected chi connectivity index (χ2v) is 4.18. The van der Waals surface area contributed by atoms with Crippen LogP contribution in [0.3, 0.4) is 0 Å². The molecule has 6 heteroatoms. The van der Waals surface area contributed by atoms with Gasteiger partial charge in [-0.1, -0.05) is 11.6 Å². The van der Waals surface area contributed by atoms with Crippen LogP contribution in [-0.2, 0) is 0 Å². The molecule has 0 bridgehead atoms. The lowest BCUT2D eigenvalue weighted by atomic mass is 10.4. The normalized spacial score (nSPS) is 11.5. The number of aryl methyl sites for hydroxylation is 1. The van der Waals surface area contributed by atoms with Gasteiger partial charge in [-0.05, 0) is 29.0 Å². The van der Waals surface area contributed by atoms with Gasteiger partial charge < -0.3 is 5.73 Å². The Labute approximate surface area is 78.6 Å². The Morgan fingerprint density at radius 3 is 2.60 bits per heavy atom. The van der Waals surface area contributed by atoms with Crippen molar-refractivity contribution in [2.75, 3.05) is 5.73 Å². The molecule has 0 amide bonds. The lowest BCUT2D eigenvalue weighted by Gasteiger charge is -1.92. The van der Waals surface area contributed by atoms with Gasteiger partial charge in [0.15, 0.2) is 5.15 Å². The number of nitrogen functional groups attached to an aromatic ring is 1. The van der Waals surface area contributed by atoms with E-state index < -0.39 is 0 Å². The van der Waals surface area contributed by atoms with Crippen LogP contribution in [0.5, 0.6) is 0 Å². The lowest BCUT2D eigenvalue weighted by Crippen LogP contribution is -1.84. The molecule has 1 atom stereocenters. The van der Waals surface area contributed by atoms with E-state index in [2.05, 4.69) is 27.1 Å². The molecule has 1 heterocycles. The number of halogens is 2. The fourth-order valence-corrected chi connectivity index (χ4v) is 2.73. The molecule has 2 N–H and O–H groups in total. The first-order chi connectivity index (χ1) is 4.66. The van der Waals surface area contributed by atoms with Crippen LogP contribution in [0.2, 0.25) is 5.15 Å². The molecule has 1 unspecified atom stereocenters. The summed E-state index contributed by atoms with van der Waals surface area (Å²) in [5, 5.41) is 4.64. The zero-order chi connectivity index (χ0) is 7.72. The van der Waals surface area contributed by atoms with Gasteiger partial charge in [-0.3, -0.25) is 0 Å². The van der Waals surface area contributed by atoms with Crippen LogP contribution in [0.1, 0.15) is 5.69 Å². The Kier molecular flexibility index (Phi) is 2.77. The molecule has 1 rings (SSSR count). The van der Waals surface area contributed by atoms with E-state index in [9.17, 15) is 0 Å². The molecule has 1 aromatic heterocycles. The van der Waals surface area contributed by atoms with Crippen molar-refractivity contribution in [2.45, 2.75) is 6.92 Å². The number of hydrogen-bond donors (Lipinski definition) is 1. The second-order valence-electron chi connectivity index (χ2n) is 1.79. The van der Waals surface area contributed by atoms with Gasteiger partial charge in [0.05, 0.1) is 17.8 Å². The van der Waals surface area contributed by atoms with Gasteiger partial charge in [0, 0.05) is 0 Å². The van der Waals surface area contributed by atoms with Crippen molar-refractivity contribution in [3.05, 3.63) is 10.8 Å². The first-order valence-electron chi connectivity index (χ1n) is 2.54. The second kappa shape index (κ2) is 3.24. The van der Waals surface area contributed by atoms with Crippen LogP contribution >= 0.6 is 40.0 Å². The van der Waals surface area contributed by atoms with Gasteiger partial charge in [-0.15, -0.1) is 0 Å². The molecule has 0 aliphatic rings. The molecular weight excluding hydrogens is 283 g/mol. The Morgan fingerprint density at radius 1 is 1.80 bits per heavy atom. The smallest absolute Gasteiger partial charge is 0.154 e. The number of hydrogen-bond acceptors (Lipinski definition) is 2. The van der Waals surface area contributed by atoms with E-state index in [1.165, 1.54) is 0 Å². The monoisotopic (exact) mass is 289 g/mol. The summed E-state index contributed by atoms with van der Waals surface area (Å²) in [6.07, 6.45) is 0.510. The Bertz CT molecular complexity index is 249. The fourth-order valence-electron chi connectivity index (χ4n) is 0.567. The van der Waals surface area contributed by atoms with E-state index in [1.807, 2.05) is 6.92 Å². The van der Waals surface area contributed by atoms with Crippen LogP contribution in [-0.4, -0.2) is 9.55 Å². The van der Waals surface area contributed by atoms with Crippen molar-refractivity contribution in [1.29, 1.82) is 0 Å². The average molecular weight is 289 g/mol. The van der Waals surface area contributed by atoms with Crippen LogP contribution in [0, 0.1) is 6.92 Å². The van der Waals surface area contributed by atoms with Crippen molar-refractivity contribution >= 4 is 45.7 Å². The Morgan fingerprint density at radius 2 is 2.40 bits per heavy atom. The highest BCUT2D eigenvalue weighted by Crippen LogP contribution is 2.32. The summed E-state index contributed by atoms with van der Waals surface area (Å²) in [6.45, 7) is 1.84. The molecule has 0 aliphatic carbocycles. The van der Waals surface area contributed by atoms with Gasteiger partial charge in [0.25, 0.3) is 0 Å². The first kappa shape index (κ1) is 8.56. The molecule has 10 heavy (non-hydrogen) atoms. The van der Waals surface area contributed by atoms with E-state index in [0.29, 0.717) is 17.2 Å².